The average molecular weight is 500 g/mol. The number of hydrogen-bond donors (Lipinski definition) is 2. The van der Waals surface area contributed by atoms with E-state index in [0.29, 0.717) is 16.5 Å². The molecule has 6 rings (SSSR count). The van der Waals surface area contributed by atoms with Crippen molar-refractivity contribution in [3.63, 3.8) is 0 Å². The normalized spacial score (nSPS) is 12.5. The number of benzene rings is 3. The van der Waals surface area contributed by atoms with Crippen LogP contribution in [0.25, 0.3) is 28.2 Å². The third-order valence-electron chi connectivity index (χ3n) is 5.50. The molecule has 1 aliphatic rings. The maximum Gasteiger partial charge on any atom is 0.262 e. The Morgan fingerprint density at radius 3 is 2.60 bits per heavy atom. The zero-order valence-corrected chi connectivity index (χ0v) is 19.8. The van der Waals surface area contributed by atoms with Crippen LogP contribution >= 0.6 is 22.9 Å². The first kappa shape index (κ1) is 21.4. The molecule has 2 N–H and O–H groups in total. The van der Waals surface area contributed by atoms with E-state index in [1.807, 2.05) is 88.9 Å². The molecular formula is C26H18ClN5O2S. The topological polar surface area (TPSA) is 81.1 Å². The predicted molar refractivity (Wildman–Crippen MR) is 139 cm³/mol. The lowest BCUT2D eigenvalue weighted by atomic mass is 10.1. The van der Waals surface area contributed by atoms with Crippen molar-refractivity contribution >= 4 is 45.5 Å². The summed E-state index contributed by atoms with van der Waals surface area (Å²) in [5.41, 5.74) is 5.04. The molecule has 9 heteroatoms. The van der Waals surface area contributed by atoms with Crippen LogP contribution in [0.2, 0.25) is 5.02 Å². The number of hydrogen-bond acceptors (Lipinski definition) is 6. The number of nitrogens with one attached hydrogen (secondary N) is 2. The lowest BCUT2D eigenvalue weighted by Crippen LogP contribution is -2.25. The highest BCUT2D eigenvalue weighted by atomic mass is 35.5. The van der Waals surface area contributed by atoms with E-state index in [0.717, 1.165) is 39.2 Å². The molecule has 172 valence electrons. The van der Waals surface area contributed by atoms with Crippen LogP contribution in [0.1, 0.15) is 0 Å². The van der Waals surface area contributed by atoms with Gasteiger partial charge in [-0.25, -0.2) is 9.67 Å². The highest BCUT2D eigenvalue weighted by Gasteiger charge is 2.18. The number of aromatic nitrogens is 3. The number of carbonyl (C=O) groups excluding carboxylic acids is 1. The Bertz CT molecular complexity index is 1530. The Morgan fingerprint density at radius 1 is 0.971 bits per heavy atom. The molecule has 5 aromatic rings. The van der Waals surface area contributed by atoms with Crippen LogP contribution in [0, 0.1) is 0 Å². The van der Waals surface area contributed by atoms with Gasteiger partial charge in [-0.3, -0.25) is 4.79 Å². The average Bonchev–Trinajstić information content (AvgIpc) is 3.52. The largest absolute Gasteiger partial charge is 0.482 e. The smallest absolute Gasteiger partial charge is 0.262 e. The van der Waals surface area contributed by atoms with E-state index in [4.69, 9.17) is 26.4 Å². The van der Waals surface area contributed by atoms with E-state index in [2.05, 4.69) is 10.6 Å². The summed E-state index contributed by atoms with van der Waals surface area (Å²) in [6.45, 7) is 0.0320. The van der Waals surface area contributed by atoms with Crippen molar-refractivity contribution in [2.24, 2.45) is 0 Å². The van der Waals surface area contributed by atoms with E-state index < -0.39 is 0 Å². The summed E-state index contributed by atoms with van der Waals surface area (Å²) in [5, 5.41) is 14.5. The predicted octanol–water partition coefficient (Wildman–Crippen LogP) is 6.39. The fourth-order valence-corrected chi connectivity index (χ4v) is 4.67. The molecule has 0 aliphatic carbocycles. The molecule has 1 amide bonds. The minimum absolute atomic E-state index is 0.0320. The first-order valence-electron chi connectivity index (χ1n) is 10.8. The van der Waals surface area contributed by atoms with E-state index in [1.54, 1.807) is 0 Å². The third-order valence-corrected chi connectivity index (χ3v) is 6.51. The van der Waals surface area contributed by atoms with Crippen LogP contribution in [0.5, 0.6) is 5.75 Å². The van der Waals surface area contributed by atoms with Gasteiger partial charge in [-0.1, -0.05) is 41.9 Å². The van der Waals surface area contributed by atoms with Crippen molar-refractivity contribution in [2.45, 2.75) is 0 Å². The van der Waals surface area contributed by atoms with Gasteiger partial charge in [0.15, 0.2) is 11.7 Å². The summed E-state index contributed by atoms with van der Waals surface area (Å²) in [6.07, 6.45) is 0. The summed E-state index contributed by atoms with van der Waals surface area (Å²) in [7, 11) is 0. The second kappa shape index (κ2) is 8.90. The van der Waals surface area contributed by atoms with E-state index >= 15 is 0 Å². The first-order valence-corrected chi connectivity index (χ1v) is 12.1. The quantitative estimate of drug-likeness (QED) is 0.293. The highest BCUT2D eigenvalue weighted by Crippen LogP contribution is 2.35. The molecule has 0 bridgehead atoms. The molecule has 0 saturated heterocycles. The summed E-state index contributed by atoms with van der Waals surface area (Å²) in [6, 6.07) is 25.2. The van der Waals surface area contributed by atoms with Crippen LogP contribution in [-0.4, -0.2) is 27.3 Å². The number of thiazole rings is 1. The minimum Gasteiger partial charge on any atom is -0.482 e. The zero-order valence-electron chi connectivity index (χ0n) is 18.2. The van der Waals surface area contributed by atoms with Crippen LogP contribution in [0.3, 0.4) is 0 Å². The van der Waals surface area contributed by atoms with Crippen molar-refractivity contribution in [2.75, 3.05) is 17.2 Å². The first-order chi connectivity index (χ1) is 17.1. The fourth-order valence-electron chi connectivity index (χ4n) is 3.81. The SMILES string of the molecule is O=C1COc2ccc(-c3csc(Nc4cc(-c5ccc(Cl)cc5)nn4-c4ccccc4)n3)cc2N1. The van der Waals surface area contributed by atoms with Gasteiger partial charge < -0.3 is 15.4 Å². The number of nitrogens with zero attached hydrogens (tertiary/aromatic N) is 3. The van der Waals surface area contributed by atoms with Gasteiger partial charge in [0.05, 0.1) is 22.8 Å². The molecule has 0 atom stereocenters. The molecule has 2 aromatic heterocycles. The maximum absolute atomic E-state index is 11.7. The zero-order chi connectivity index (χ0) is 23.8. The number of rotatable bonds is 5. The van der Waals surface area contributed by atoms with Gasteiger partial charge in [0.1, 0.15) is 11.6 Å². The monoisotopic (exact) mass is 499 g/mol. The molecule has 0 unspecified atom stereocenters. The van der Waals surface area contributed by atoms with Gasteiger partial charge in [-0.05, 0) is 42.5 Å². The van der Waals surface area contributed by atoms with Crippen molar-refractivity contribution < 1.29 is 9.53 Å². The summed E-state index contributed by atoms with van der Waals surface area (Å²) in [5.74, 6) is 1.28. The Labute approximate surface area is 210 Å². The minimum atomic E-state index is -0.166. The van der Waals surface area contributed by atoms with Crippen LogP contribution in [0.4, 0.5) is 16.6 Å². The van der Waals surface area contributed by atoms with Crippen molar-refractivity contribution in [1.29, 1.82) is 0 Å². The number of carbonyl (C=O) groups is 1. The number of anilines is 3. The van der Waals surface area contributed by atoms with Gasteiger partial charge in [0.25, 0.3) is 5.91 Å². The molecule has 1 aliphatic heterocycles. The van der Waals surface area contributed by atoms with Gasteiger partial charge in [-0.15, -0.1) is 11.3 Å². The Morgan fingerprint density at radius 2 is 1.77 bits per heavy atom. The van der Waals surface area contributed by atoms with Gasteiger partial charge in [0, 0.05) is 27.6 Å². The summed E-state index contributed by atoms with van der Waals surface area (Å²) in [4.78, 5) is 16.4. The Balaban J connectivity index is 1.33. The van der Waals surface area contributed by atoms with Crippen LogP contribution in [-0.2, 0) is 4.79 Å². The summed E-state index contributed by atoms with van der Waals surface area (Å²) < 4.78 is 7.31. The number of para-hydroxylation sites is 1. The number of amides is 1. The fraction of sp³-hybridized carbons (Fsp3) is 0.0385. The lowest BCUT2D eigenvalue weighted by molar-refractivity contribution is -0.118. The molecule has 0 saturated carbocycles. The molecule has 0 fully saturated rings. The number of halogens is 1. The van der Waals surface area contributed by atoms with Gasteiger partial charge in [0.2, 0.25) is 0 Å². The number of ether oxygens (including phenoxy) is 1. The Kier molecular flexibility index (Phi) is 5.44. The molecule has 0 radical (unpaired) electrons. The van der Waals surface area contributed by atoms with Gasteiger partial charge in [-0.2, -0.15) is 5.10 Å². The molecule has 0 spiro atoms. The molecular weight excluding hydrogens is 482 g/mol. The van der Waals surface area contributed by atoms with Gasteiger partial charge >= 0.3 is 0 Å². The highest BCUT2D eigenvalue weighted by molar-refractivity contribution is 7.14. The second-order valence-electron chi connectivity index (χ2n) is 7.88. The summed E-state index contributed by atoms with van der Waals surface area (Å²) >= 11 is 7.55. The molecule has 3 heterocycles. The van der Waals surface area contributed by atoms with E-state index in [-0.39, 0.29) is 12.5 Å². The van der Waals surface area contributed by atoms with E-state index in [1.165, 1.54) is 11.3 Å². The standard InChI is InChI=1S/C26H18ClN5O2S/c27-18-9-6-16(7-10-18)20-13-24(32(31-20)19-4-2-1-3-5-19)30-26-29-22(15-35-26)17-8-11-23-21(12-17)28-25(33)14-34-23/h1-13,15H,14H2,(H,28,33)(H,29,30). The molecule has 3 aromatic carbocycles. The number of fused-ring (bicyclic) bond motifs is 1. The van der Waals surface area contributed by atoms with Crippen LogP contribution < -0.4 is 15.4 Å². The third kappa shape index (κ3) is 4.37. The van der Waals surface area contributed by atoms with Crippen molar-refractivity contribution in [1.82, 2.24) is 14.8 Å². The van der Waals surface area contributed by atoms with Crippen molar-refractivity contribution in [3.05, 3.63) is 89.3 Å². The maximum atomic E-state index is 11.7. The van der Waals surface area contributed by atoms with Crippen molar-refractivity contribution in [3.8, 4) is 34.0 Å². The molecule has 7 nitrogen and oxygen atoms in total. The lowest BCUT2D eigenvalue weighted by Gasteiger charge is -2.18. The van der Waals surface area contributed by atoms with E-state index in [9.17, 15) is 4.79 Å². The second-order valence-corrected chi connectivity index (χ2v) is 9.17. The van der Waals surface area contributed by atoms with Crippen LogP contribution in [0.15, 0.2) is 84.2 Å². The Hall–Kier alpha value is -4.14. The molecule has 35 heavy (non-hydrogen) atoms.